The van der Waals surface area contributed by atoms with Gasteiger partial charge in [-0.25, -0.2) is 0 Å². The Labute approximate surface area is 294 Å². The van der Waals surface area contributed by atoms with Gasteiger partial charge in [-0.05, 0) is 109 Å². The number of fused-ring (bicyclic) bond motifs is 9. The highest BCUT2D eigenvalue weighted by atomic mass is 32.1. The van der Waals surface area contributed by atoms with Crippen molar-refractivity contribution in [2.75, 3.05) is 4.90 Å². The van der Waals surface area contributed by atoms with Gasteiger partial charge in [-0.3, -0.25) is 4.98 Å². The molecule has 50 heavy (non-hydrogen) atoms. The lowest BCUT2D eigenvalue weighted by Gasteiger charge is -2.26. The Morgan fingerprint density at radius 2 is 0.900 bits per heavy atom. The molecular weight excluding hydrogens is 625 g/mol. The van der Waals surface area contributed by atoms with Gasteiger partial charge in [0, 0.05) is 49.6 Å². The minimum absolute atomic E-state index is 1.10. The highest BCUT2D eigenvalue weighted by Crippen LogP contribution is 2.42. The van der Waals surface area contributed by atoms with E-state index in [1.54, 1.807) is 0 Å². The van der Waals surface area contributed by atoms with Crippen LogP contribution in [0.2, 0.25) is 0 Å². The molecule has 0 saturated carbocycles. The van der Waals surface area contributed by atoms with Crippen molar-refractivity contribution in [2.24, 2.45) is 0 Å². The summed E-state index contributed by atoms with van der Waals surface area (Å²) in [5.74, 6) is 0. The summed E-state index contributed by atoms with van der Waals surface area (Å²) >= 11 is 1.82. The fourth-order valence-electron chi connectivity index (χ4n) is 7.54. The number of rotatable bonds is 5. The number of hydrogen-bond acceptors (Lipinski definition) is 3. The van der Waals surface area contributed by atoms with Crippen LogP contribution in [0, 0.1) is 0 Å². The van der Waals surface area contributed by atoms with Crippen LogP contribution in [-0.4, -0.2) is 4.98 Å². The number of pyridine rings is 1. The van der Waals surface area contributed by atoms with Gasteiger partial charge in [-0.2, -0.15) is 0 Å². The number of benzene rings is 8. The Kier molecular flexibility index (Phi) is 6.71. The molecule has 2 nitrogen and oxygen atoms in total. The van der Waals surface area contributed by atoms with Crippen LogP contribution in [0.3, 0.4) is 0 Å². The molecule has 10 aromatic rings. The monoisotopic (exact) mass is 654 g/mol. The van der Waals surface area contributed by atoms with Gasteiger partial charge in [-0.15, -0.1) is 11.3 Å². The van der Waals surface area contributed by atoms with Crippen molar-refractivity contribution < 1.29 is 0 Å². The van der Waals surface area contributed by atoms with Gasteiger partial charge in [0.15, 0.2) is 0 Å². The first-order valence-electron chi connectivity index (χ1n) is 16.9. The SMILES string of the molecule is c1ccc(-c2cccc(N(c3ccc(-c4ccc5c6ccccc6c6ccccc6c5c4)cc3)c3ccc4sc5ccncc5c4c3)c2)cc1. The van der Waals surface area contributed by atoms with E-state index in [0.29, 0.717) is 0 Å². The van der Waals surface area contributed by atoms with Gasteiger partial charge < -0.3 is 4.90 Å². The molecule has 0 N–H and O–H groups in total. The average molecular weight is 655 g/mol. The quantitative estimate of drug-likeness (QED) is 0.172. The largest absolute Gasteiger partial charge is 0.310 e. The first-order chi connectivity index (χ1) is 24.8. The van der Waals surface area contributed by atoms with Crippen LogP contribution in [-0.2, 0) is 0 Å². The molecule has 0 bridgehead atoms. The molecule has 3 heteroatoms. The fraction of sp³-hybridized carbons (Fsp3) is 0. The third-order valence-electron chi connectivity index (χ3n) is 9.93. The minimum Gasteiger partial charge on any atom is -0.310 e. The summed E-state index contributed by atoms with van der Waals surface area (Å²) in [6.45, 7) is 0. The van der Waals surface area contributed by atoms with E-state index in [-0.39, 0.29) is 0 Å². The normalized spacial score (nSPS) is 11.6. The van der Waals surface area contributed by atoms with Crippen molar-refractivity contribution in [1.29, 1.82) is 0 Å². The zero-order chi connectivity index (χ0) is 33.0. The lowest BCUT2D eigenvalue weighted by Crippen LogP contribution is -2.10. The molecule has 0 atom stereocenters. The third kappa shape index (κ3) is 4.74. The minimum atomic E-state index is 1.10. The summed E-state index contributed by atoms with van der Waals surface area (Å²) in [5.41, 5.74) is 8.12. The molecule has 0 fully saturated rings. The maximum Gasteiger partial charge on any atom is 0.0468 e. The zero-order valence-corrected chi connectivity index (χ0v) is 27.9. The Morgan fingerprint density at radius 3 is 1.66 bits per heavy atom. The number of anilines is 3. The summed E-state index contributed by atoms with van der Waals surface area (Å²) in [5, 5.41) is 10.2. The van der Waals surface area contributed by atoms with Gasteiger partial charge in [0.2, 0.25) is 0 Å². The maximum atomic E-state index is 4.45. The number of nitrogens with zero attached hydrogens (tertiary/aromatic N) is 2. The molecule has 2 aromatic heterocycles. The number of hydrogen-bond donors (Lipinski definition) is 0. The van der Waals surface area contributed by atoms with Crippen LogP contribution in [0.4, 0.5) is 17.1 Å². The molecule has 8 aromatic carbocycles. The summed E-state index contributed by atoms with van der Waals surface area (Å²) in [7, 11) is 0. The molecule has 0 aliphatic carbocycles. The van der Waals surface area contributed by atoms with Crippen molar-refractivity contribution in [2.45, 2.75) is 0 Å². The fourth-order valence-corrected chi connectivity index (χ4v) is 8.59. The first-order valence-corrected chi connectivity index (χ1v) is 17.8. The molecular formula is C47H30N2S. The average Bonchev–Trinajstić information content (AvgIpc) is 3.57. The lowest BCUT2D eigenvalue weighted by molar-refractivity contribution is 1.29. The van der Waals surface area contributed by atoms with Crippen molar-refractivity contribution in [3.8, 4) is 22.3 Å². The molecule has 10 rings (SSSR count). The lowest BCUT2D eigenvalue weighted by atomic mass is 9.92. The van der Waals surface area contributed by atoms with Crippen LogP contribution in [0.15, 0.2) is 182 Å². The van der Waals surface area contributed by atoms with Crippen LogP contribution < -0.4 is 4.90 Å². The topological polar surface area (TPSA) is 16.1 Å². The van der Waals surface area contributed by atoms with E-state index in [1.165, 1.54) is 74.7 Å². The molecule has 0 aliphatic rings. The highest BCUT2D eigenvalue weighted by molar-refractivity contribution is 7.25. The Hall–Kier alpha value is -6.29. The van der Waals surface area contributed by atoms with E-state index in [9.17, 15) is 0 Å². The Balaban J connectivity index is 1.11. The smallest absolute Gasteiger partial charge is 0.0468 e. The zero-order valence-electron chi connectivity index (χ0n) is 27.1. The molecule has 0 aliphatic heterocycles. The third-order valence-corrected chi connectivity index (χ3v) is 11.1. The van der Waals surface area contributed by atoms with Gasteiger partial charge in [0.1, 0.15) is 0 Å². The van der Waals surface area contributed by atoms with Gasteiger partial charge in [-0.1, -0.05) is 115 Å². The summed E-state index contributed by atoms with van der Waals surface area (Å²) in [4.78, 5) is 6.82. The van der Waals surface area contributed by atoms with Gasteiger partial charge >= 0.3 is 0 Å². The molecule has 0 amide bonds. The summed E-state index contributed by atoms with van der Waals surface area (Å²) in [6.07, 6.45) is 3.87. The van der Waals surface area contributed by atoms with Gasteiger partial charge in [0.25, 0.3) is 0 Å². The molecule has 234 valence electrons. The van der Waals surface area contributed by atoms with E-state index in [2.05, 4.69) is 180 Å². The molecule has 0 saturated heterocycles. The van der Waals surface area contributed by atoms with Crippen molar-refractivity contribution in [3.63, 3.8) is 0 Å². The first kappa shape index (κ1) is 28.7. The second-order valence-electron chi connectivity index (χ2n) is 12.8. The predicted molar refractivity (Wildman–Crippen MR) is 215 cm³/mol. The van der Waals surface area contributed by atoms with E-state index in [1.807, 2.05) is 23.7 Å². The van der Waals surface area contributed by atoms with Crippen LogP contribution in [0.25, 0.3) is 74.7 Å². The maximum absolute atomic E-state index is 4.45. The van der Waals surface area contributed by atoms with E-state index in [0.717, 1.165) is 17.1 Å². The summed E-state index contributed by atoms with van der Waals surface area (Å²) < 4.78 is 2.52. The van der Waals surface area contributed by atoms with Crippen molar-refractivity contribution in [1.82, 2.24) is 4.98 Å². The van der Waals surface area contributed by atoms with Crippen molar-refractivity contribution >= 4 is 80.9 Å². The second kappa shape index (κ2) is 11.7. The van der Waals surface area contributed by atoms with Crippen molar-refractivity contribution in [3.05, 3.63) is 182 Å². The van der Waals surface area contributed by atoms with Crippen LogP contribution >= 0.6 is 11.3 Å². The molecule has 0 spiro atoms. The molecule has 0 radical (unpaired) electrons. The van der Waals surface area contributed by atoms with E-state index >= 15 is 0 Å². The standard InChI is InChI=1S/C47H30N2S/c1-2-9-31(10-3-1)33-11-8-12-36(27-33)49(37-22-24-46-44(29-37)45-30-48-26-25-47(45)50-46)35-20-17-32(18-21-35)34-19-23-42-40-15-5-4-13-38(40)39-14-6-7-16-41(39)43(42)28-34/h1-30H. The summed E-state index contributed by atoms with van der Waals surface area (Å²) in [6, 6.07) is 61.9. The predicted octanol–water partition coefficient (Wildman–Crippen LogP) is 13.7. The van der Waals surface area contributed by atoms with Gasteiger partial charge in [0.05, 0.1) is 0 Å². The number of thiophene rings is 1. The number of aromatic nitrogens is 1. The Morgan fingerprint density at radius 1 is 0.340 bits per heavy atom. The highest BCUT2D eigenvalue weighted by Gasteiger charge is 2.17. The van der Waals surface area contributed by atoms with Crippen LogP contribution in [0.1, 0.15) is 0 Å². The van der Waals surface area contributed by atoms with Crippen LogP contribution in [0.5, 0.6) is 0 Å². The second-order valence-corrected chi connectivity index (χ2v) is 13.9. The van der Waals surface area contributed by atoms with E-state index < -0.39 is 0 Å². The molecule has 2 heterocycles. The Bertz CT molecular complexity index is 2840. The molecule has 0 unspecified atom stereocenters. The van der Waals surface area contributed by atoms with E-state index in [4.69, 9.17) is 0 Å².